The number of amides is 1. The lowest BCUT2D eigenvalue weighted by Gasteiger charge is -2.10. The highest BCUT2D eigenvalue weighted by Crippen LogP contribution is 2.10. The Kier molecular flexibility index (Phi) is 4.80. The third-order valence-electron chi connectivity index (χ3n) is 3.25. The molecule has 2 rings (SSSR count). The zero-order valence-corrected chi connectivity index (χ0v) is 12.3. The van der Waals surface area contributed by atoms with E-state index in [0.29, 0.717) is 13.0 Å². The average Bonchev–Trinajstić information content (AvgIpc) is 3.00. The molecule has 2 aromatic rings. The summed E-state index contributed by atoms with van der Waals surface area (Å²) < 4.78 is 2.22. The van der Waals surface area contributed by atoms with E-state index in [9.17, 15) is 4.79 Å². The van der Waals surface area contributed by atoms with Gasteiger partial charge in [-0.05, 0) is 43.8 Å². The van der Waals surface area contributed by atoms with E-state index in [1.165, 1.54) is 16.3 Å². The molecule has 0 atom stereocenters. The molecule has 0 fully saturated rings. The van der Waals surface area contributed by atoms with Gasteiger partial charge in [0.15, 0.2) is 0 Å². The summed E-state index contributed by atoms with van der Waals surface area (Å²) in [7, 11) is 0. The Morgan fingerprint density at radius 3 is 2.63 bits per heavy atom. The van der Waals surface area contributed by atoms with E-state index < -0.39 is 0 Å². The largest absolute Gasteiger partial charge is 0.354 e. The Balaban J connectivity index is 1.69. The van der Waals surface area contributed by atoms with Crippen LogP contribution >= 0.6 is 11.3 Å². The molecular formula is C15H20N2OS. The van der Waals surface area contributed by atoms with E-state index in [1.54, 1.807) is 11.3 Å². The Bertz CT molecular complexity index is 509. The number of hydrogen-bond acceptors (Lipinski definition) is 2. The van der Waals surface area contributed by atoms with Crippen molar-refractivity contribution in [3.05, 3.63) is 45.9 Å². The second-order valence-corrected chi connectivity index (χ2v) is 5.73. The van der Waals surface area contributed by atoms with Crippen LogP contribution in [0.5, 0.6) is 0 Å². The van der Waals surface area contributed by atoms with Gasteiger partial charge >= 0.3 is 0 Å². The molecule has 1 N–H and O–H groups in total. The van der Waals surface area contributed by atoms with Crippen molar-refractivity contribution in [1.29, 1.82) is 0 Å². The van der Waals surface area contributed by atoms with Crippen LogP contribution in [0.25, 0.3) is 0 Å². The van der Waals surface area contributed by atoms with E-state index >= 15 is 0 Å². The van der Waals surface area contributed by atoms with Gasteiger partial charge in [0.2, 0.25) is 5.91 Å². The zero-order valence-electron chi connectivity index (χ0n) is 11.5. The first kappa shape index (κ1) is 13.9. The predicted octanol–water partition coefficient (Wildman–Crippen LogP) is 2.92. The number of carbonyl (C=O) groups is 1. The highest BCUT2D eigenvalue weighted by molar-refractivity contribution is 7.09. The fraction of sp³-hybridized carbons (Fsp3) is 0.400. The van der Waals surface area contributed by atoms with Gasteiger partial charge in [0.1, 0.15) is 0 Å². The summed E-state index contributed by atoms with van der Waals surface area (Å²) in [5.41, 5.74) is 2.48. The van der Waals surface area contributed by atoms with Crippen molar-refractivity contribution in [1.82, 2.24) is 9.88 Å². The maximum absolute atomic E-state index is 11.7. The van der Waals surface area contributed by atoms with Crippen LogP contribution in [-0.4, -0.2) is 17.0 Å². The van der Waals surface area contributed by atoms with Crippen molar-refractivity contribution in [2.24, 2.45) is 0 Å². The van der Waals surface area contributed by atoms with Gasteiger partial charge in [0.25, 0.3) is 0 Å². The van der Waals surface area contributed by atoms with E-state index in [1.807, 2.05) is 11.4 Å². The molecule has 3 nitrogen and oxygen atoms in total. The van der Waals surface area contributed by atoms with Crippen molar-refractivity contribution < 1.29 is 4.79 Å². The number of nitrogens with one attached hydrogen (secondary N) is 1. The molecule has 1 amide bonds. The first-order chi connectivity index (χ1) is 9.16. The maximum Gasteiger partial charge on any atom is 0.220 e. The van der Waals surface area contributed by atoms with Crippen LogP contribution in [-0.2, 0) is 17.8 Å². The lowest BCUT2D eigenvalue weighted by molar-refractivity contribution is -0.121. The number of aromatic nitrogens is 1. The first-order valence-electron chi connectivity index (χ1n) is 6.58. The minimum absolute atomic E-state index is 0.135. The van der Waals surface area contributed by atoms with Gasteiger partial charge in [-0.3, -0.25) is 4.79 Å². The SMILES string of the molecule is Cc1ccc(C)n1CCNC(=O)CCc1cccs1. The molecule has 0 aliphatic carbocycles. The highest BCUT2D eigenvalue weighted by atomic mass is 32.1. The van der Waals surface area contributed by atoms with Crippen molar-refractivity contribution >= 4 is 17.2 Å². The zero-order chi connectivity index (χ0) is 13.7. The van der Waals surface area contributed by atoms with Crippen molar-refractivity contribution in [2.45, 2.75) is 33.2 Å². The lowest BCUT2D eigenvalue weighted by Crippen LogP contribution is -2.27. The van der Waals surface area contributed by atoms with Crippen LogP contribution in [0.3, 0.4) is 0 Å². The van der Waals surface area contributed by atoms with Crippen molar-refractivity contribution in [2.75, 3.05) is 6.54 Å². The summed E-state index contributed by atoms with van der Waals surface area (Å²) >= 11 is 1.71. The summed E-state index contributed by atoms with van der Waals surface area (Å²) in [6.07, 6.45) is 1.41. The van der Waals surface area contributed by atoms with Gasteiger partial charge in [-0.25, -0.2) is 0 Å². The Labute approximate surface area is 118 Å². The number of nitrogens with zero attached hydrogens (tertiary/aromatic N) is 1. The smallest absolute Gasteiger partial charge is 0.220 e. The van der Waals surface area contributed by atoms with Crippen LogP contribution in [0.2, 0.25) is 0 Å². The van der Waals surface area contributed by atoms with Gasteiger partial charge in [0, 0.05) is 35.8 Å². The molecule has 0 saturated heterocycles. The number of hydrogen-bond donors (Lipinski definition) is 1. The fourth-order valence-electron chi connectivity index (χ4n) is 2.14. The molecule has 19 heavy (non-hydrogen) atoms. The second kappa shape index (κ2) is 6.57. The molecule has 0 unspecified atom stereocenters. The molecule has 0 aliphatic heterocycles. The molecule has 0 saturated carbocycles. The van der Waals surface area contributed by atoms with Gasteiger partial charge in [-0.15, -0.1) is 11.3 Å². The third-order valence-corrected chi connectivity index (χ3v) is 4.19. The van der Waals surface area contributed by atoms with Gasteiger partial charge in [-0.2, -0.15) is 0 Å². The normalized spacial score (nSPS) is 10.6. The molecule has 2 heterocycles. The molecule has 0 radical (unpaired) electrons. The molecule has 0 bridgehead atoms. The molecule has 0 aromatic carbocycles. The number of aryl methyl sites for hydroxylation is 3. The number of rotatable bonds is 6. The van der Waals surface area contributed by atoms with Crippen LogP contribution in [0.4, 0.5) is 0 Å². The summed E-state index contributed by atoms with van der Waals surface area (Å²) in [4.78, 5) is 13.0. The second-order valence-electron chi connectivity index (χ2n) is 4.70. The highest BCUT2D eigenvalue weighted by Gasteiger charge is 2.04. The Morgan fingerprint density at radius 1 is 1.26 bits per heavy atom. The minimum Gasteiger partial charge on any atom is -0.354 e. The number of thiophene rings is 1. The van der Waals surface area contributed by atoms with Gasteiger partial charge in [-0.1, -0.05) is 6.07 Å². The third kappa shape index (κ3) is 3.96. The number of carbonyl (C=O) groups excluding carboxylic acids is 1. The average molecular weight is 276 g/mol. The van der Waals surface area contributed by atoms with Crippen LogP contribution in [0.15, 0.2) is 29.6 Å². The van der Waals surface area contributed by atoms with Gasteiger partial charge in [0.05, 0.1) is 0 Å². The quantitative estimate of drug-likeness (QED) is 0.865. The molecule has 4 heteroatoms. The van der Waals surface area contributed by atoms with E-state index in [2.05, 4.69) is 41.9 Å². The lowest BCUT2D eigenvalue weighted by atomic mass is 10.2. The molecule has 0 spiro atoms. The Morgan fingerprint density at radius 2 is 2.00 bits per heavy atom. The Hall–Kier alpha value is -1.55. The topological polar surface area (TPSA) is 34.0 Å². The summed E-state index contributed by atoms with van der Waals surface area (Å²) in [6, 6.07) is 8.31. The van der Waals surface area contributed by atoms with E-state index in [4.69, 9.17) is 0 Å². The van der Waals surface area contributed by atoms with Crippen molar-refractivity contribution in [3.8, 4) is 0 Å². The minimum atomic E-state index is 0.135. The molecular weight excluding hydrogens is 256 g/mol. The standard InChI is InChI=1S/C15H20N2OS/c1-12-5-6-13(2)17(12)10-9-16-15(18)8-7-14-4-3-11-19-14/h3-6,11H,7-10H2,1-2H3,(H,16,18). The van der Waals surface area contributed by atoms with E-state index in [-0.39, 0.29) is 5.91 Å². The monoisotopic (exact) mass is 276 g/mol. The molecule has 0 aliphatic rings. The molecule has 102 valence electrons. The summed E-state index contributed by atoms with van der Waals surface area (Å²) in [5.74, 6) is 0.135. The summed E-state index contributed by atoms with van der Waals surface area (Å²) in [5, 5.41) is 5.03. The van der Waals surface area contributed by atoms with Gasteiger partial charge < -0.3 is 9.88 Å². The first-order valence-corrected chi connectivity index (χ1v) is 7.46. The van der Waals surface area contributed by atoms with Crippen LogP contribution in [0.1, 0.15) is 22.7 Å². The predicted molar refractivity (Wildman–Crippen MR) is 79.6 cm³/mol. The van der Waals surface area contributed by atoms with Crippen LogP contribution < -0.4 is 5.32 Å². The van der Waals surface area contributed by atoms with Crippen molar-refractivity contribution in [3.63, 3.8) is 0 Å². The van der Waals surface area contributed by atoms with Crippen LogP contribution in [0, 0.1) is 13.8 Å². The summed E-state index contributed by atoms with van der Waals surface area (Å²) in [6.45, 7) is 5.71. The fourth-order valence-corrected chi connectivity index (χ4v) is 2.85. The van der Waals surface area contributed by atoms with E-state index in [0.717, 1.165) is 13.0 Å². The maximum atomic E-state index is 11.7. The molecule has 2 aromatic heterocycles.